The van der Waals surface area contributed by atoms with Gasteiger partial charge >= 0.3 is 6.18 Å². The summed E-state index contributed by atoms with van der Waals surface area (Å²) >= 11 is 0. The number of aromatic nitrogens is 1. The van der Waals surface area contributed by atoms with Gasteiger partial charge in [-0.2, -0.15) is 18.3 Å². The van der Waals surface area contributed by atoms with E-state index in [-0.39, 0.29) is 31.9 Å². The number of halogens is 3. The Morgan fingerprint density at radius 3 is 2.38 bits per heavy atom. The topological polar surface area (TPSA) is 37.6 Å². The van der Waals surface area contributed by atoms with Crippen LogP contribution in [0.25, 0.3) is 0 Å². The molecule has 1 aromatic heterocycles. The van der Waals surface area contributed by atoms with Gasteiger partial charge in [0.1, 0.15) is 5.71 Å². The van der Waals surface area contributed by atoms with E-state index in [1.54, 1.807) is 18.2 Å². The molecule has 0 unspecified atom stereocenters. The Balaban J connectivity index is 0.00000128. The Labute approximate surface area is 103 Å². The molecule has 1 aromatic rings. The fraction of sp³-hybridized carbons (Fsp3) is 0.222. The van der Waals surface area contributed by atoms with E-state index in [4.69, 9.17) is 0 Å². The summed E-state index contributed by atoms with van der Waals surface area (Å²) in [5, 5.41) is 6.58. The molecule has 86 valence electrons. The molecule has 16 heavy (non-hydrogen) atoms. The molecule has 0 aromatic carbocycles. The van der Waals surface area contributed by atoms with E-state index in [1.165, 1.54) is 6.20 Å². The van der Waals surface area contributed by atoms with Gasteiger partial charge in [-0.1, -0.05) is 6.07 Å². The zero-order valence-corrected chi connectivity index (χ0v) is 10.4. The zero-order valence-electron chi connectivity index (χ0n) is 7.85. The summed E-state index contributed by atoms with van der Waals surface area (Å²) in [6.45, 7) is 0. The molecule has 0 aliphatic carbocycles. The van der Waals surface area contributed by atoms with Crippen LogP contribution in [-0.2, 0) is 19.8 Å². The van der Waals surface area contributed by atoms with Gasteiger partial charge < -0.3 is 0 Å². The van der Waals surface area contributed by atoms with Crippen LogP contribution in [0.1, 0.15) is 12.1 Å². The van der Waals surface area contributed by atoms with E-state index in [0.717, 1.165) is 0 Å². The average Bonchev–Trinajstić information content (AvgIpc) is 2.67. The average molecular weight is 403 g/mol. The second kappa shape index (κ2) is 4.83. The van der Waals surface area contributed by atoms with Crippen LogP contribution in [-0.4, -0.2) is 22.6 Å². The molecule has 2 heterocycles. The molecule has 1 aliphatic rings. The third-order valence-corrected chi connectivity index (χ3v) is 1.91. The molecule has 0 atom stereocenters. The first-order chi connectivity index (χ1) is 7.07. The van der Waals surface area contributed by atoms with Crippen LogP contribution in [0.15, 0.2) is 34.6 Å². The second-order valence-electron chi connectivity index (χ2n) is 2.98. The Morgan fingerprint density at radius 1 is 1.12 bits per heavy atom. The van der Waals surface area contributed by atoms with Gasteiger partial charge in [0.15, 0.2) is 0 Å². The van der Waals surface area contributed by atoms with Crippen LogP contribution in [0, 0.1) is 0 Å². The van der Waals surface area contributed by atoms with E-state index in [1.807, 2.05) is 0 Å². The van der Waals surface area contributed by atoms with Gasteiger partial charge in [-0.05, 0) is 12.1 Å². The first-order valence-corrected chi connectivity index (χ1v) is 4.19. The van der Waals surface area contributed by atoms with Gasteiger partial charge in [-0.25, -0.2) is 0 Å². The fourth-order valence-electron chi connectivity index (χ4n) is 1.18. The van der Waals surface area contributed by atoms with Crippen molar-refractivity contribution in [3.05, 3.63) is 30.1 Å². The van der Waals surface area contributed by atoms with Gasteiger partial charge in [-0.3, -0.25) is 4.98 Å². The fourth-order valence-corrected chi connectivity index (χ4v) is 1.18. The maximum atomic E-state index is 12.2. The molecular formula is C9H6F3N3Os. The summed E-state index contributed by atoms with van der Waals surface area (Å²) in [5.74, 6) is 0. The van der Waals surface area contributed by atoms with E-state index < -0.39 is 11.9 Å². The minimum absolute atomic E-state index is 0. The number of pyridine rings is 1. The first kappa shape index (κ1) is 13.0. The Bertz CT molecular complexity index is 425. The van der Waals surface area contributed by atoms with Gasteiger partial charge in [0.25, 0.3) is 0 Å². The monoisotopic (exact) mass is 405 g/mol. The second-order valence-corrected chi connectivity index (χ2v) is 2.98. The molecular weight excluding hydrogens is 397 g/mol. The van der Waals surface area contributed by atoms with Crippen LogP contribution in [0.3, 0.4) is 0 Å². The molecule has 0 saturated heterocycles. The Hall–Kier alpha value is -1.08. The minimum Gasteiger partial charge on any atom is -0.255 e. The summed E-state index contributed by atoms with van der Waals surface area (Å²) in [6, 6.07) is 4.98. The first-order valence-electron chi connectivity index (χ1n) is 4.19. The van der Waals surface area contributed by atoms with E-state index in [9.17, 15) is 13.2 Å². The molecule has 7 heteroatoms. The van der Waals surface area contributed by atoms with Crippen molar-refractivity contribution in [3.63, 3.8) is 0 Å². The van der Waals surface area contributed by atoms with Crippen molar-refractivity contribution in [3.8, 4) is 0 Å². The summed E-state index contributed by atoms with van der Waals surface area (Å²) in [7, 11) is 0. The van der Waals surface area contributed by atoms with Gasteiger partial charge in [-0.15, -0.1) is 5.10 Å². The predicted molar refractivity (Wildman–Crippen MR) is 48.9 cm³/mol. The van der Waals surface area contributed by atoms with Crippen LogP contribution < -0.4 is 0 Å². The van der Waals surface area contributed by atoms with E-state index >= 15 is 0 Å². The van der Waals surface area contributed by atoms with Crippen molar-refractivity contribution in [1.29, 1.82) is 0 Å². The standard InChI is InChI=1S/C9H6F3N3.Os/c10-9(11,12)8-5-7(14-15-8)6-3-1-2-4-13-6;/h1-4H,5H2;. The molecule has 0 bridgehead atoms. The number of hydrogen-bond donors (Lipinski definition) is 0. The minimum atomic E-state index is -4.40. The third-order valence-electron chi connectivity index (χ3n) is 1.91. The van der Waals surface area contributed by atoms with Crippen LogP contribution in [0.4, 0.5) is 13.2 Å². The predicted octanol–water partition coefficient (Wildman–Crippen LogP) is 2.19. The number of alkyl halides is 3. The molecule has 0 N–H and O–H groups in total. The molecule has 0 spiro atoms. The number of nitrogens with zero attached hydrogens (tertiary/aromatic N) is 3. The SMILES string of the molecule is FC(F)(F)C1=NN=C(c2ccccn2)C1.[Os]. The van der Waals surface area contributed by atoms with Crippen molar-refractivity contribution in [2.45, 2.75) is 12.6 Å². The van der Waals surface area contributed by atoms with Crippen molar-refractivity contribution in [1.82, 2.24) is 4.98 Å². The maximum Gasteiger partial charge on any atom is 0.431 e. The summed E-state index contributed by atoms with van der Waals surface area (Å²) < 4.78 is 36.7. The van der Waals surface area contributed by atoms with Gasteiger partial charge in [0.2, 0.25) is 0 Å². The maximum absolute atomic E-state index is 12.2. The third kappa shape index (κ3) is 2.73. The van der Waals surface area contributed by atoms with Crippen molar-refractivity contribution < 1.29 is 33.0 Å². The summed E-state index contributed by atoms with van der Waals surface area (Å²) in [4.78, 5) is 3.91. The molecule has 0 radical (unpaired) electrons. The number of hydrogen-bond acceptors (Lipinski definition) is 3. The van der Waals surface area contributed by atoms with Gasteiger partial charge in [0, 0.05) is 32.4 Å². The summed E-state index contributed by atoms with van der Waals surface area (Å²) in [6.07, 6.45) is -3.20. The van der Waals surface area contributed by atoms with Crippen LogP contribution in [0.2, 0.25) is 0 Å². The van der Waals surface area contributed by atoms with Crippen molar-refractivity contribution in [2.24, 2.45) is 10.2 Å². The molecule has 0 saturated carbocycles. The molecule has 0 fully saturated rings. The molecule has 3 nitrogen and oxygen atoms in total. The molecule has 2 rings (SSSR count). The summed E-state index contributed by atoms with van der Waals surface area (Å²) in [5.41, 5.74) is -0.188. The van der Waals surface area contributed by atoms with E-state index in [0.29, 0.717) is 5.69 Å². The van der Waals surface area contributed by atoms with Crippen LogP contribution >= 0.6 is 0 Å². The number of rotatable bonds is 1. The Morgan fingerprint density at radius 2 is 1.88 bits per heavy atom. The van der Waals surface area contributed by atoms with Crippen LogP contribution in [0.5, 0.6) is 0 Å². The zero-order chi connectivity index (χ0) is 10.9. The van der Waals surface area contributed by atoms with Gasteiger partial charge in [0.05, 0.1) is 11.4 Å². The Kier molecular flexibility index (Phi) is 3.92. The van der Waals surface area contributed by atoms with E-state index in [2.05, 4.69) is 15.2 Å². The van der Waals surface area contributed by atoms with Crippen molar-refractivity contribution in [2.75, 3.05) is 0 Å². The smallest absolute Gasteiger partial charge is 0.255 e. The normalized spacial score (nSPS) is 15.2. The molecule has 1 aliphatic heterocycles. The quantitative estimate of drug-likeness (QED) is 0.709. The van der Waals surface area contributed by atoms with Crippen molar-refractivity contribution >= 4 is 11.4 Å². The largest absolute Gasteiger partial charge is 0.431 e. The molecule has 0 amide bonds.